The predicted molar refractivity (Wildman–Crippen MR) is 133 cm³/mol. The Morgan fingerprint density at radius 3 is 2.33 bits per heavy atom. The van der Waals surface area contributed by atoms with Gasteiger partial charge in [0.05, 0.1) is 30.1 Å². The average molecular weight is 494 g/mol. The van der Waals surface area contributed by atoms with Crippen LogP contribution in [0.1, 0.15) is 38.8 Å². The second kappa shape index (κ2) is 8.85. The SMILES string of the molecule is CC[C@]12C=CCN(C)C(=O)[C@H]1[C@H]1C(=O)N([C@H](CO)c3ccccc3)C3C(=O)N(C(C)C)CC=C[C@@]31O2. The van der Waals surface area contributed by atoms with Gasteiger partial charge in [-0.3, -0.25) is 14.4 Å². The van der Waals surface area contributed by atoms with Gasteiger partial charge in [0, 0.05) is 26.2 Å². The maximum atomic E-state index is 14.5. The monoisotopic (exact) mass is 493 g/mol. The first kappa shape index (κ1) is 24.7. The Bertz CT molecular complexity index is 1120. The first-order valence-corrected chi connectivity index (χ1v) is 12.8. The number of carbonyl (C=O) groups excluding carboxylic acids is 3. The van der Waals surface area contributed by atoms with Crippen molar-refractivity contribution in [2.75, 3.05) is 26.7 Å². The van der Waals surface area contributed by atoms with Crippen molar-refractivity contribution < 1.29 is 24.2 Å². The molecule has 1 N–H and O–H groups in total. The third kappa shape index (κ3) is 3.30. The molecule has 8 nitrogen and oxygen atoms in total. The molecule has 4 aliphatic rings. The van der Waals surface area contributed by atoms with Crippen molar-refractivity contribution >= 4 is 17.7 Å². The number of hydrogen-bond donors (Lipinski definition) is 1. The number of hydrogen-bond acceptors (Lipinski definition) is 5. The summed E-state index contributed by atoms with van der Waals surface area (Å²) in [6, 6.07) is 7.39. The number of ether oxygens (including phenoxy) is 1. The first-order chi connectivity index (χ1) is 17.2. The van der Waals surface area contributed by atoms with Gasteiger partial charge in [-0.25, -0.2) is 0 Å². The number of likely N-dealkylation sites (tertiary alicyclic amines) is 1. The third-order valence-electron chi connectivity index (χ3n) is 8.43. The zero-order valence-electron chi connectivity index (χ0n) is 21.3. The zero-order valence-corrected chi connectivity index (χ0v) is 21.3. The van der Waals surface area contributed by atoms with E-state index in [-0.39, 0.29) is 30.4 Å². The average Bonchev–Trinajstić information content (AvgIpc) is 3.16. The number of fused-ring (bicyclic) bond motifs is 2. The van der Waals surface area contributed by atoms with Crippen LogP contribution in [0.25, 0.3) is 0 Å². The van der Waals surface area contributed by atoms with E-state index in [1.807, 2.05) is 75.4 Å². The standard InChI is InChI=1S/C28H35N3O5/c1-5-27-13-9-15-29(4)24(33)21(27)22-25(34)31(20(17-32)19-11-7-6-8-12-19)23-26(35)30(18(2)3)16-10-14-28(22,23)36-27/h6-14,18,20-23,32H,5,15-17H2,1-4H3/t20-,21-,22+,23?,27+,28+/m1/s1. The normalized spacial score (nSPS) is 34.6. The molecule has 0 radical (unpaired) electrons. The third-order valence-corrected chi connectivity index (χ3v) is 8.43. The molecule has 6 atom stereocenters. The Hall–Kier alpha value is -2.97. The number of likely N-dealkylation sites (N-methyl/N-ethyl adjacent to an activating group) is 1. The second-order valence-corrected chi connectivity index (χ2v) is 10.6. The number of aliphatic hydroxyl groups is 1. The van der Waals surface area contributed by atoms with E-state index in [0.717, 1.165) is 5.56 Å². The summed E-state index contributed by atoms with van der Waals surface area (Å²) in [4.78, 5) is 47.3. The molecule has 192 valence electrons. The van der Waals surface area contributed by atoms with Crippen molar-refractivity contribution in [2.45, 2.75) is 56.5 Å². The Labute approximate surface area is 212 Å². The minimum atomic E-state index is -1.32. The van der Waals surface area contributed by atoms with Crippen molar-refractivity contribution in [1.29, 1.82) is 0 Å². The molecule has 5 rings (SSSR count). The largest absolute Gasteiger partial charge is 0.394 e. The molecule has 1 spiro atoms. The van der Waals surface area contributed by atoms with E-state index in [9.17, 15) is 19.5 Å². The highest BCUT2D eigenvalue weighted by Gasteiger charge is 2.75. The van der Waals surface area contributed by atoms with Gasteiger partial charge in [0.25, 0.3) is 0 Å². The Morgan fingerprint density at radius 2 is 1.69 bits per heavy atom. The summed E-state index contributed by atoms with van der Waals surface area (Å²) in [6.45, 7) is 6.30. The van der Waals surface area contributed by atoms with Crippen LogP contribution in [0.15, 0.2) is 54.6 Å². The molecule has 0 aliphatic carbocycles. The maximum Gasteiger partial charge on any atom is 0.249 e. The van der Waals surface area contributed by atoms with E-state index in [0.29, 0.717) is 19.5 Å². The van der Waals surface area contributed by atoms with Gasteiger partial charge in [0.15, 0.2) is 0 Å². The van der Waals surface area contributed by atoms with E-state index in [1.165, 1.54) is 4.90 Å². The van der Waals surface area contributed by atoms with Gasteiger partial charge < -0.3 is 24.5 Å². The van der Waals surface area contributed by atoms with Crippen molar-refractivity contribution in [3.8, 4) is 0 Å². The van der Waals surface area contributed by atoms with Gasteiger partial charge in [-0.15, -0.1) is 0 Å². The van der Waals surface area contributed by atoms with Gasteiger partial charge >= 0.3 is 0 Å². The Balaban J connectivity index is 1.73. The summed E-state index contributed by atoms with van der Waals surface area (Å²) in [5, 5.41) is 10.5. The van der Waals surface area contributed by atoms with Gasteiger partial charge in [0.1, 0.15) is 11.6 Å². The van der Waals surface area contributed by atoms with E-state index < -0.39 is 35.1 Å². The molecule has 2 fully saturated rings. The van der Waals surface area contributed by atoms with Crippen molar-refractivity contribution in [3.05, 3.63) is 60.2 Å². The number of benzene rings is 1. The predicted octanol–water partition coefficient (Wildman–Crippen LogP) is 1.92. The van der Waals surface area contributed by atoms with E-state index in [4.69, 9.17) is 4.74 Å². The molecule has 1 aromatic rings. The highest BCUT2D eigenvalue weighted by atomic mass is 16.5. The number of rotatable bonds is 5. The molecule has 1 unspecified atom stereocenters. The molecule has 0 aromatic heterocycles. The molecule has 36 heavy (non-hydrogen) atoms. The van der Waals surface area contributed by atoms with Crippen LogP contribution in [0.2, 0.25) is 0 Å². The van der Waals surface area contributed by atoms with E-state index in [2.05, 4.69) is 0 Å². The Kier molecular flexibility index (Phi) is 6.08. The summed E-state index contributed by atoms with van der Waals surface area (Å²) in [5.41, 5.74) is -1.59. The summed E-state index contributed by atoms with van der Waals surface area (Å²) in [6.07, 6.45) is 8.08. The van der Waals surface area contributed by atoms with Crippen LogP contribution >= 0.6 is 0 Å². The van der Waals surface area contributed by atoms with E-state index >= 15 is 0 Å². The van der Waals surface area contributed by atoms with Gasteiger partial charge in [-0.05, 0) is 25.8 Å². The Morgan fingerprint density at radius 1 is 1.00 bits per heavy atom. The molecule has 0 saturated carbocycles. The molecule has 1 aromatic carbocycles. The molecule has 3 amide bonds. The smallest absolute Gasteiger partial charge is 0.249 e. The summed E-state index contributed by atoms with van der Waals surface area (Å²) in [5.74, 6) is -2.38. The number of nitrogens with zero attached hydrogens (tertiary/aromatic N) is 3. The minimum Gasteiger partial charge on any atom is -0.394 e. The maximum absolute atomic E-state index is 14.5. The van der Waals surface area contributed by atoms with Crippen LogP contribution in [0.5, 0.6) is 0 Å². The second-order valence-electron chi connectivity index (χ2n) is 10.6. The highest BCUT2D eigenvalue weighted by molar-refractivity contribution is 6.00. The zero-order chi connectivity index (χ0) is 25.8. The quantitative estimate of drug-likeness (QED) is 0.633. The molecule has 0 bridgehead atoms. The topological polar surface area (TPSA) is 90.4 Å². The fourth-order valence-electron chi connectivity index (χ4n) is 6.67. The molecular weight excluding hydrogens is 458 g/mol. The molecule has 2 saturated heterocycles. The molecular formula is C28H35N3O5. The van der Waals surface area contributed by atoms with Crippen LogP contribution in [0.3, 0.4) is 0 Å². The van der Waals surface area contributed by atoms with Crippen molar-refractivity contribution in [1.82, 2.24) is 14.7 Å². The molecule has 4 aliphatic heterocycles. The highest BCUT2D eigenvalue weighted by Crippen LogP contribution is 2.59. The summed E-state index contributed by atoms with van der Waals surface area (Å²) >= 11 is 0. The summed E-state index contributed by atoms with van der Waals surface area (Å²) in [7, 11) is 1.73. The van der Waals surface area contributed by atoms with Crippen molar-refractivity contribution in [3.63, 3.8) is 0 Å². The van der Waals surface area contributed by atoms with Crippen LogP contribution in [-0.4, -0.2) is 87.6 Å². The van der Waals surface area contributed by atoms with Gasteiger partial charge in [-0.1, -0.05) is 61.6 Å². The number of carbonyl (C=O) groups is 3. The lowest BCUT2D eigenvalue weighted by Gasteiger charge is -2.41. The van der Waals surface area contributed by atoms with Crippen LogP contribution in [0.4, 0.5) is 0 Å². The van der Waals surface area contributed by atoms with Crippen LogP contribution in [-0.2, 0) is 19.1 Å². The van der Waals surface area contributed by atoms with E-state index in [1.54, 1.807) is 16.8 Å². The molecule has 8 heteroatoms. The molecule has 4 heterocycles. The first-order valence-electron chi connectivity index (χ1n) is 12.8. The van der Waals surface area contributed by atoms with Gasteiger partial charge in [0.2, 0.25) is 17.7 Å². The number of aliphatic hydroxyl groups excluding tert-OH is 1. The fourth-order valence-corrected chi connectivity index (χ4v) is 6.67. The fraction of sp³-hybridized carbons (Fsp3) is 0.536. The lowest BCUT2D eigenvalue weighted by atomic mass is 9.73. The lowest BCUT2D eigenvalue weighted by molar-refractivity contribution is -0.158. The van der Waals surface area contributed by atoms with Crippen molar-refractivity contribution in [2.24, 2.45) is 11.8 Å². The van der Waals surface area contributed by atoms with Crippen LogP contribution in [0, 0.1) is 11.8 Å². The van der Waals surface area contributed by atoms with Gasteiger partial charge in [-0.2, -0.15) is 0 Å². The van der Waals surface area contributed by atoms with Crippen LogP contribution < -0.4 is 0 Å². The summed E-state index contributed by atoms with van der Waals surface area (Å²) < 4.78 is 6.91. The minimum absolute atomic E-state index is 0.0997. The lowest BCUT2D eigenvalue weighted by Crippen LogP contribution is -2.58. The number of amides is 3.